The summed E-state index contributed by atoms with van der Waals surface area (Å²) in [5.41, 5.74) is 0.900. The Morgan fingerprint density at radius 2 is 1.59 bits per heavy atom. The molecule has 0 aromatic carbocycles. The number of amides is 2. The maximum absolute atomic E-state index is 13.0. The van der Waals surface area contributed by atoms with Crippen LogP contribution in [0.3, 0.4) is 0 Å². The van der Waals surface area contributed by atoms with Crippen molar-refractivity contribution in [3.63, 3.8) is 0 Å². The van der Waals surface area contributed by atoms with Crippen LogP contribution in [-0.2, 0) is 9.59 Å². The Labute approximate surface area is 209 Å². The first kappa shape index (κ1) is 31.4. The van der Waals surface area contributed by atoms with E-state index in [2.05, 4.69) is 55.7 Å². The average molecular weight is 469 g/mol. The zero-order chi connectivity index (χ0) is 25.4. The van der Waals surface area contributed by atoms with Crippen molar-refractivity contribution in [3.05, 3.63) is 72.4 Å². The summed E-state index contributed by atoms with van der Waals surface area (Å²) in [5.74, 6) is 0.186. The van der Waals surface area contributed by atoms with Crippen LogP contribution in [0, 0.1) is 5.92 Å². The minimum absolute atomic E-state index is 0.0617. The van der Waals surface area contributed by atoms with Crippen molar-refractivity contribution in [2.24, 2.45) is 5.92 Å². The molecule has 0 saturated carbocycles. The Morgan fingerprint density at radius 1 is 0.853 bits per heavy atom. The van der Waals surface area contributed by atoms with Crippen molar-refractivity contribution in [2.45, 2.75) is 92.0 Å². The fraction of sp³-hybridized carbons (Fsp3) is 0.533. The van der Waals surface area contributed by atoms with E-state index in [1.165, 1.54) is 0 Å². The fourth-order valence-corrected chi connectivity index (χ4v) is 3.19. The van der Waals surface area contributed by atoms with Gasteiger partial charge in [0, 0.05) is 24.2 Å². The molecule has 0 aromatic heterocycles. The molecule has 34 heavy (non-hydrogen) atoms. The van der Waals surface area contributed by atoms with E-state index in [0.717, 1.165) is 63.5 Å². The van der Waals surface area contributed by atoms with Gasteiger partial charge in [-0.3, -0.25) is 9.59 Å². The van der Waals surface area contributed by atoms with Crippen LogP contribution in [-0.4, -0.2) is 24.4 Å². The van der Waals surface area contributed by atoms with Crippen LogP contribution in [0.4, 0.5) is 0 Å². The van der Waals surface area contributed by atoms with Crippen LogP contribution in [0.1, 0.15) is 86.0 Å². The number of hydrogen-bond donors (Lipinski definition) is 2. The van der Waals surface area contributed by atoms with Crippen molar-refractivity contribution in [1.82, 2.24) is 10.6 Å². The fourth-order valence-electron chi connectivity index (χ4n) is 3.19. The van der Waals surface area contributed by atoms with Gasteiger partial charge in [-0.1, -0.05) is 88.0 Å². The lowest BCUT2D eigenvalue weighted by Crippen LogP contribution is -2.35. The molecule has 4 nitrogen and oxygen atoms in total. The minimum Gasteiger partial charge on any atom is -0.353 e. The molecule has 0 heterocycles. The van der Waals surface area contributed by atoms with E-state index in [0.29, 0.717) is 0 Å². The zero-order valence-electron chi connectivity index (χ0n) is 22.2. The number of rotatable bonds is 18. The second-order valence-electron chi connectivity index (χ2n) is 8.48. The maximum atomic E-state index is 13.0. The number of carbonyl (C=O) groups is 2. The summed E-state index contributed by atoms with van der Waals surface area (Å²) in [4.78, 5) is 24.6. The summed E-state index contributed by atoms with van der Waals surface area (Å²) >= 11 is 0. The third-order valence-electron chi connectivity index (χ3n) is 5.53. The molecule has 2 unspecified atom stereocenters. The van der Waals surface area contributed by atoms with E-state index in [1.807, 2.05) is 44.2 Å². The van der Waals surface area contributed by atoms with E-state index in [4.69, 9.17) is 0 Å². The van der Waals surface area contributed by atoms with Crippen LogP contribution < -0.4 is 10.6 Å². The van der Waals surface area contributed by atoms with Crippen molar-refractivity contribution >= 4 is 11.8 Å². The smallest absolute Gasteiger partial charge is 0.247 e. The first-order valence-electron chi connectivity index (χ1n) is 13.1. The molecule has 2 amide bonds. The Bertz CT molecular complexity index is 726. The molecular formula is C30H48N2O2. The van der Waals surface area contributed by atoms with Gasteiger partial charge in [0.25, 0.3) is 0 Å². The second kappa shape index (κ2) is 22.2. The standard InChI is InChI=1S/C30H48N2O2/c1-6-10-12-13-14-17-20-23-28(30(34)32-26(5)8-3)27(9-4)22-19-16-15-18-21-24-29(33)31-25-11-7-2/h6,10,12-13,15-16,18-19,21,23-24,26-27H,7-9,11,14,17,20,22,25H2,1-5H3,(H,31,33)(H,32,34). The Balaban J connectivity index is 4.94. The third-order valence-corrected chi connectivity index (χ3v) is 5.53. The van der Waals surface area contributed by atoms with Crippen molar-refractivity contribution in [3.8, 4) is 0 Å². The van der Waals surface area contributed by atoms with Crippen molar-refractivity contribution < 1.29 is 9.59 Å². The van der Waals surface area contributed by atoms with Gasteiger partial charge < -0.3 is 10.6 Å². The first-order valence-corrected chi connectivity index (χ1v) is 13.1. The molecule has 0 saturated heterocycles. The predicted molar refractivity (Wildman–Crippen MR) is 148 cm³/mol. The number of carbonyl (C=O) groups excluding carboxylic acids is 2. The van der Waals surface area contributed by atoms with Gasteiger partial charge in [0.2, 0.25) is 11.8 Å². The van der Waals surface area contributed by atoms with Gasteiger partial charge in [-0.25, -0.2) is 0 Å². The molecule has 0 aromatic rings. The monoisotopic (exact) mass is 468 g/mol. The van der Waals surface area contributed by atoms with Gasteiger partial charge in [-0.2, -0.15) is 0 Å². The lowest BCUT2D eigenvalue weighted by Gasteiger charge is -2.20. The number of nitrogens with one attached hydrogen (secondary N) is 2. The van der Waals surface area contributed by atoms with Crippen molar-refractivity contribution in [1.29, 1.82) is 0 Å². The van der Waals surface area contributed by atoms with Gasteiger partial charge in [0.05, 0.1) is 0 Å². The molecule has 0 radical (unpaired) electrons. The average Bonchev–Trinajstić information content (AvgIpc) is 2.83. The van der Waals surface area contributed by atoms with Gasteiger partial charge in [0.1, 0.15) is 0 Å². The van der Waals surface area contributed by atoms with Crippen LogP contribution in [0.15, 0.2) is 72.4 Å². The molecule has 2 N–H and O–H groups in total. The Kier molecular flexibility index (Phi) is 20.5. The molecule has 0 bridgehead atoms. The van der Waals surface area contributed by atoms with Gasteiger partial charge in [-0.15, -0.1) is 0 Å². The second-order valence-corrected chi connectivity index (χ2v) is 8.48. The molecule has 0 spiro atoms. The lowest BCUT2D eigenvalue weighted by molar-refractivity contribution is -0.118. The highest BCUT2D eigenvalue weighted by Gasteiger charge is 2.19. The molecule has 0 aliphatic heterocycles. The Hall–Kier alpha value is -2.62. The quantitative estimate of drug-likeness (QED) is 0.128. The number of allylic oxidation sites excluding steroid dienone is 10. The van der Waals surface area contributed by atoms with E-state index < -0.39 is 0 Å². The van der Waals surface area contributed by atoms with Gasteiger partial charge in [0.15, 0.2) is 0 Å². The molecule has 190 valence electrons. The summed E-state index contributed by atoms with van der Waals surface area (Å²) < 4.78 is 0. The maximum Gasteiger partial charge on any atom is 0.247 e. The molecule has 0 aliphatic carbocycles. The number of unbranched alkanes of at least 4 members (excludes halogenated alkanes) is 3. The van der Waals surface area contributed by atoms with Crippen LogP contribution >= 0.6 is 0 Å². The molecule has 0 fully saturated rings. The highest BCUT2D eigenvalue weighted by molar-refractivity contribution is 5.94. The van der Waals surface area contributed by atoms with E-state index >= 15 is 0 Å². The highest BCUT2D eigenvalue weighted by atomic mass is 16.2. The Morgan fingerprint density at radius 3 is 2.26 bits per heavy atom. The van der Waals surface area contributed by atoms with E-state index in [-0.39, 0.29) is 23.8 Å². The summed E-state index contributed by atoms with van der Waals surface area (Å²) in [6, 6.07) is 0.168. The molecule has 0 rings (SSSR count). The van der Waals surface area contributed by atoms with Crippen LogP contribution in [0.2, 0.25) is 0 Å². The van der Waals surface area contributed by atoms with Gasteiger partial charge in [-0.05, 0) is 64.7 Å². The normalized spacial score (nSPS) is 14.7. The van der Waals surface area contributed by atoms with Crippen LogP contribution in [0.25, 0.3) is 0 Å². The number of hydrogen-bond acceptors (Lipinski definition) is 2. The topological polar surface area (TPSA) is 58.2 Å². The highest BCUT2D eigenvalue weighted by Crippen LogP contribution is 2.22. The lowest BCUT2D eigenvalue weighted by atomic mass is 9.90. The molecule has 4 heteroatoms. The van der Waals surface area contributed by atoms with E-state index in [1.54, 1.807) is 12.2 Å². The SMILES string of the molecule is CC=CC=CCCCC=C(C(=O)NC(C)CC)C(CC)CC=CC=CC=CC(=O)NCCCC. The minimum atomic E-state index is -0.0625. The first-order chi connectivity index (χ1) is 16.5. The summed E-state index contributed by atoms with van der Waals surface area (Å²) in [5, 5.41) is 6.00. The predicted octanol–water partition coefficient (Wildman–Crippen LogP) is 7.13. The molecule has 2 atom stereocenters. The van der Waals surface area contributed by atoms with Crippen LogP contribution in [0.5, 0.6) is 0 Å². The van der Waals surface area contributed by atoms with Gasteiger partial charge >= 0.3 is 0 Å². The third kappa shape index (κ3) is 16.9. The zero-order valence-corrected chi connectivity index (χ0v) is 22.2. The summed E-state index contributed by atoms with van der Waals surface area (Å²) in [6.07, 6.45) is 29.2. The molecular weight excluding hydrogens is 420 g/mol. The summed E-state index contributed by atoms with van der Waals surface area (Å²) in [6.45, 7) is 11.1. The van der Waals surface area contributed by atoms with E-state index in [9.17, 15) is 9.59 Å². The van der Waals surface area contributed by atoms with Crippen molar-refractivity contribution in [2.75, 3.05) is 6.54 Å². The molecule has 0 aliphatic rings. The largest absolute Gasteiger partial charge is 0.353 e. The summed E-state index contributed by atoms with van der Waals surface area (Å²) in [7, 11) is 0.